The lowest BCUT2D eigenvalue weighted by Crippen LogP contribution is -2.27. The maximum atomic E-state index is 6.32. The van der Waals surface area contributed by atoms with Crippen molar-refractivity contribution in [2.24, 2.45) is 0 Å². The highest BCUT2D eigenvalue weighted by Gasteiger charge is 2.41. The van der Waals surface area contributed by atoms with Crippen LogP contribution in [0.4, 0.5) is 0 Å². The third-order valence-corrected chi connectivity index (χ3v) is 16.9. The van der Waals surface area contributed by atoms with Crippen molar-refractivity contribution in [3.63, 3.8) is 0 Å². The molecule has 18 rings (SSSR count). The fourth-order valence-electron chi connectivity index (χ4n) is 13.2. The molecule has 0 radical (unpaired) electrons. The van der Waals surface area contributed by atoms with Gasteiger partial charge in [-0.1, -0.05) is 206 Å². The lowest BCUT2D eigenvalue weighted by atomic mass is 9.61. The van der Waals surface area contributed by atoms with Gasteiger partial charge in [0, 0.05) is 66.8 Å². The van der Waals surface area contributed by atoms with Crippen LogP contribution in [0.1, 0.15) is 45.2 Å². The van der Waals surface area contributed by atoms with E-state index in [0.29, 0.717) is 11.6 Å². The first-order valence-electron chi connectivity index (χ1n) is 27.9. The van der Waals surface area contributed by atoms with E-state index in [1.54, 1.807) is 0 Å². The van der Waals surface area contributed by atoms with Crippen LogP contribution in [0, 0.1) is 0 Å². The zero-order valence-electron chi connectivity index (χ0n) is 44.2. The zero-order chi connectivity index (χ0) is 53.8. The van der Waals surface area contributed by atoms with Crippen molar-refractivity contribution in [1.82, 2.24) is 19.9 Å². The van der Waals surface area contributed by atoms with Crippen LogP contribution in [0.15, 0.2) is 276 Å². The Balaban J connectivity index is 0.769. The Labute approximate surface area is 472 Å². The Morgan fingerprint density at radius 1 is 0.232 bits per heavy atom. The molecule has 2 atom stereocenters. The van der Waals surface area contributed by atoms with Crippen molar-refractivity contribution < 1.29 is 8.83 Å². The molecular weight excluding hydrogens is 1000 g/mol. The quantitative estimate of drug-likeness (QED) is 0.151. The first-order chi connectivity index (χ1) is 40.6. The lowest BCUT2D eigenvalue weighted by molar-refractivity contribution is 0.668. The van der Waals surface area contributed by atoms with E-state index in [0.717, 1.165) is 122 Å². The van der Waals surface area contributed by atoms with Crippen molar-refractivity contribution in [3.05, 3.63) is 300 Å². The van der Waals surface area contributed by atoms with Crippen LogP contribution in [-0.2, 0) is 0 Å². The van der Waals surface area contributed by atoms with Gasteiger partial charge < -0.3 is 8.83 Å². The van der Waals surface area contributed by atoms with Gasteiger partial charge in [0.25, 0.3) is 0 Å². The largest absolute Gasteiger partial charge is 0.456 e. The number of fused-ring (bicyclic) bond motifs is 6. The third kappa shape index (κ3) is 7.42. The van der Waals surface area contributed by atoms with Crippen molar-refractivity contribution in [2.45, 2.75) is 11.8 Å². The second-order valence-corrected chi connectivity index (χ2v) is 21.6. The summed E-state index contributed by atoms with van der Waals surface area (Å²) in [6, 6.07) is 94.5. The van der Waals surface area contributed by atoms with Gasteiger partial charge in [0.1, 0.15) is 22.3 Å². The standard InChI is InChI=1S/C76H46N4O2/c1-3-17-45(18-4-1)63-43-65(49-23-13-21-47(39-49)53-29-15-33-69-73(53)59-27-9-11-31-67(59)81-69)79-75(77-63)51-35-37-57-61(41-51)71-55-25-7-8-26-56(55)72(57)62-42-52(36-38-58(62)71)76-78-64(46-19-5-2-6-20-46)44-66(80-76)50-24-14-22-48(40-50)54-30-16-34-70-74(54)60-28-10-12-32-68(60)82-70/h1-44,71-72H. The lowest BCUT2D eigenvalue weighted by Gasteiger charge is -2.42. The van der Waals surface area contributed by atoms with Gasteiger partial charge in [0.05, 0.1) is 22.8 Å². The van der Waals surface area contributed by atoms with Crippen LogP contribution < -0.4 is 0 Å². The van der Waals surface area contributed by atoms with E-state index < -0.39 is 0 Å². The van der Waals surface area contributed by atoms with Crippen LogP contribution in [0.2, 0.25) is 0 Å². The molecule has 6 nitrogen and oxygen atoms in total. The van der Waals surface area contributed by atoms with Crippen LogP contribution in [0.3, 0.4) is 0 Å². The van der Waals surface area contributed by atoms with Crippen LogP contribution in [-0.4, -0.2) is 19.9 Å². The molecule has 0 fully saturated rings. The summed E-state index contributed by atoms with van der Waals surface area (Å²) in [4.78, 5) is 21.6. The van der Waals surface area contributed by atoms with Gasteiger partial charge in [-0.25, -0.2) is 19.9 Å². The molecule has 15 aromatic rings. The normalized spacial score (nSPS) is 14.1. The molecule has 4 heterocycles. The molecule has 2 unspecified atom stereocenters. The van der Waals surface area contributed by atoms with E-state index in [-0.39, 0.29) is 11.8 Å². The number of nitrogens with zero attached hydrogens (tertiary/aromatic N) is 4. The minimum Gasteiger partial charge on any atom is -0.456 e. The second kappa shape index (κ2) is 18.4. The number of benzene rings is 11. The Kier molecular flexibility index (Phi) is 10.3. The van der Waals surface area contributed by atoms with Gasteiger partial charge in [-0.05, 0) is 116 Å². The van der Waals surface area contributed by atoms with Crippen molar-refractivity contribution in [2.75, 3.05) is 0 Å². The molecule has 6 heteroatoms. The molecule has 11 aromatic carbocycles. The Morgan fingerprint density at radius 2 is 0.585 bits per heavy atom. The Bertz CT molecular complexity index is 4760. The summed E-state index contributed by atoms with van der Waals surface area (Å²) in [5, 5.41) is 4.42. The molecule has 82 heavy (non-hydrogen) atoms. The van der Waals surface area contributed by atoms with E-state index in [4.69, 9.17) is 28.8 Å². The average molecular weight is 1050 g/mol. The summed E-state index contributed by atoms with van der Waals surface area (Å²) in [5.74, 6) is 1.37. The maximum Gasteiger partial charge on any atom is 0.160 e. The predicted octanol–water partition coefficient (Wildman–Crippen LogP) is 19.4. The minimum absolute atomic E-state index is 0.00189. The number of hydrogen-bond donors (Lipinski definition) is 0. The highest BCUT2D eigenvalue weighted by Crippen LogP contribution is 2.57. The monoisotopic (exact) mass is 1050 g/mol. The van der Waals surface area contributed by atoms with E-state index >= 15 is 0 Å². The number of furan rings is 2. The van der Waals surface area contributed by atoms with Crippen molar-refractivity contribution >= 4 is 43.9 Å². The van der Waals surface area contributed by atoms with E-state index in [1.807, 2.05) is 48.5 Å². The van der Waals surface area contributed by atoms with E-state index in [1.165, 1.54) is 33.4 Å². The summed E-state index contributed by atoms with van der Waals surface area (Å²) in [6.45, 7) is 0. The Morgan fingerprint density at radius 3 is 1.05 bits per heavy atom. The van der Waals surface area contributed by atoms with Gasteiger partial charge in [0.2, 0.25) is 0 Å². The molecule has 0 saturated heterocycles. The molecule has 3 aliphatic carbocycles. The topological polar surface area (TPSA) is 77.8 Å². The first kappa shape index (κ1) is 46.1. The molecule has 3 aliphatic rings. The van der Waals surface area contributed by atoms with Gasteiger partial charge in [-0.15, -0.1) is 0 Å². The number of aromatic nitrogens is 4. The molecular formula is C76H46N4O2. The van der Waals surface area contributed by atoms with Crippen molar-refractivity contribution in [3.8, 4) is 90.1 Å². The summed E-state index contributed by atoms with van der Waals surface area (Å²) < 4.78 is 12.6. The molecule has 382 valence electrons. The predicted molar refractivity (Wildman–Crippen MR) is 330 cm³/mol. The summed E-state index contributed by atoms with van der Waals surface area (Å²) >= 11 is 0. The van der Waals surface area contributed by atoms with Gasteiger partial charge in [-0.2, -0.15) is 0 Å². The maximum absolute atomic E-state index is 6.32. The summed E-state index contributed by atoms with van der Waals surface area (Å²) in [5.41, 5.74) is 25.2. The molecule has 0 N–H and O–H groups in total. The fourth-order valence-corrected chi connectivity index (χ4v) is 13.2. The number of hydrogen-bond acceptors (Lipinski definition) is 6. The highest BCUT2D eigenvalue weighted by molar-refractivity contribution is 6.13. The molecule has 4 aromatic heterocycles. The van der Waals surface area contributed by atoms with Crippen LogP contribution in [0.5, 0.6) is 0 Å². The van der Waals surface area contributed by atoms with Crippen LogP contribution >= 0.6 is 0 Å². The van der Waals surface area contributed by atoms with Gasteiger partial charge >= 0.3 is 0 Å². The first-order valence-corrected chi connectivity index (χ1v) is 27.9. The second-order valence-electron chi connectivity index (χ2n) is 21.6. The van der Waals surface area contributed by atoms with Gasteiger partial charge in [0.15, 0.2) is 11.6 Å². The summed E-state index contributed by atoms with van der Waals surface area (Å²) in [7, 11) is 0. The smallest absolute Gasteiger partial charge is 0.160 e. The highest BCUT2D eigenvalue weighted by atomic mass is 16.3. The van der Waals surface area contributed by atoms with E-state index in [9.17, 15) is 0 Å². The number of rotatable bonds is 8. The van der Waals surface area contributed by atoms with E-state index in [2.05, 4.69) is 218 Å². The molecule has 0 aliphatic heterocycles. The SMILES string of the molecule is c1ccc(-c2cc(-c3cccc(-c4cccc5oc6ccccc6c45)c3)nc(-c3ccc4c(c3)C3c5ccccc5C4c4cc(-c5nc(-c6ccccc6)cc(-c6cccc(-c7cccc8oc9ccccc9c78)c6)n5)ccc43)n2)cc1. The third-order valence-electron chi connectivity index (χ3n) is 16.9. The molecule has 2 bridgehead atoms. The zero-order valence-corrected chi connectivity index (χ0v) is 44.2. The fraction of sp³-hybridized carbons (Fsp3) is 0.0263. The van der Waals surface area contributed by atoms with Gasteiger partial charge in [-0.3, -0.25) is 0 Å². The van der Waals surface area contributed by atoms with Crippen LogP contribution in [0.25, 0.3) is 134 Å². The summed E-state index contributed by atoms with van der Waals surface area (Å²) in [6.07, 6.45) is 0. The van der Waals surface area contributed by atoms with Crippen molar-refractivity contribution in [1.29, 1.82) is 0 Å². The molecule has 0 spiro atoms. The number of para-hydroxylation sites is 2. The molecule has 0 amide bonds. The Hall–Kier alpha value is -10.8. The minimum atomic E-state index is 0.00189. The average Bonchev–Trinajstić information content (AvgIpc) is 1.51. The molecule has 0 saturated carbocycles.